The number of hydrogen-bond donors (Lipinski definition) is 2. The van der Waals surface area contributed by atoms with Crippen molar-refractivity contribution >= 4 is 29.1 Å². The third-order valence-electron chi connectivity index (χ3n) is 6.16. The standard InChI is InChI=1S/C25H34N6O3/c1-3-4-12-34-25-28-23(26)22-24(29-25)30(11-10-21(33)27-22)15-19-6-5-7-20(13-19)16-31(17(2)32)14-18-8-9-18/h5-7,13,18H,3-4,8-12,14-16H2,1-2H3,(H,27,33)(H2,26,28,29). The molecule has 1 aromatic carbocycles. The number of anilines is 3. The van der Waals surface area contributed by atoms with Gasteiger partial charge in [0.15, 0.2) is 11.6 Å². The van der Waals surface area contributed by atoms with Crippen LogP contribution in [0, 0.1) is 5.92 Å². The number of nitrogens with one attached hydrogen (secondary N) is 1. The molecule has 0 saturated heterocycles. The van der Waals surface area contributed by atoms with Crippen LogP contribution in [0.25, 0.3) is 0 Å². The van der Waals surface area contributed by atoms with Crippen LogP contribution in [0.5, 0.6) is 6.01 Å². The maximum absolute atomic E-state index is 12.3. The first kappa shape index (κ1) is 23.8. The maximum atomic E-state index is 12.3. The van der Waals surface area contributed by atoms with E-state index in [-0.39, 0.29) is 23.6 Å². The summed E-state index contributed by atoms with van der Waals surface area (Å²) < 4.78 is 5.70. The summed E-state index contributed by atoms with van der Waals surface area (Å²) in [7, 11) is 0. The molecule has 0 radical (unpaired) electrons. The van der Waals surface area contributed by atoms with E-state index in [1.807, 2.05) is 28.0 Å². The Balaban J connectivity index is 1.54. The number of amides is 2. The molecule has 182 valence electrons. The monoisotopic (exact) mass is 466 g/mol. The Morgan fingerprint density at radius 3 is 2.82 bits per heavy atom. The fourth-order valence-electron chi connectivity index (χ4n) is 4.05. The van der Waals surface area contributed by atoms with Crippen molar-refractivity contribution in [2.24, 2.45) is 5.92 Å². The Kier molecular flexibility index (Phi) is 7.49. The maximum Gasteiger partial charge on any atom is 0.320 e. The first-order valence-corrected chi connectivity index (χ1v) is 12.1. The third kappa shape index (κ3) is 6.15. The largest absolute Gasteiger partial charge is 0.463 e. The van der Waals surface area contributed by atoms with Gasteiger partial charge in [-0.15, -0.1) is 0 Å². The highest BCUT2D eigenvalue weighted by Crippen LogP contribution is 2.34. The number of carbonyl (C=O) groups excluding carboxylic acids is 2. The van der Waals surface area contributed by atoms with E-state index in [1.54, 1.807) is 6.92 Å². The Morgan fingerprint density at radius 2 is 2.09 bits per heavy atom. The van der Waals surface area contributed by atoms with E-state index in [2.05, 4.69) is 28.3 Å². The second-order valence-corrected chi connectivity index (χ2v) is 9.17. The summed E-state index contributed by atoms with van der Waals surface area (Å²) in [6.45, 7) is 6.69. The van der Waals surface area contributed by atoms with Crippen molar-refractivity contribution in [3.8, 4) is 6.01 Å². The molecule has 1 fully saturated rings. The lowest BCUT2D eigenvalue weighted by Gasteiger charge is -2.25. The average molecular weight is 467 g/mol. The van der Waals surface area contributed by atoms with Gasteiger partial charge in [-0.1, -0.05) is 37.6 Å². The number of benzene rings is 1. The highest BCUT2D eigenvalue weighted by molar-refractivity contribution is 5.98. The number of nitrogens with two attached hydrogens (primary N) is 1. The molecule has 2 aromatic rings. The van der Waals surface area contributed by atoms with Crippen LogP contribution in [0.1, 0.15) is 57.1 Å². The molecule has 9 nitrogen and oxygen atoms in total. The normalized spacial score (nSPS) is 15.4. The molecule has 2 aliphatic rings. The summed E-state index contributed by atoms with van der Waals surface area (Å²) >= 11 is 0. The number of nitrogens with zero attached hydrogens (tertiary/aromatic N) is 4. The van der Waals surface area contributed by atoms with Gasteiger partial charge in [0.25, 0.3) is 0 Å². The Bertz CT molecular complexity index is 1040. The number of fused-ring (bicyclic) bond motifs is 1. The summed E-state index contributed by atoms with van der Waals surface area (Å²) in [6, 6.07) is 8.44. The van der Waals surface area contributed by atoms with Crippen LogP contribution in [-0.4, -0.2) is 46.4 Å². The van der Waals surface area contributed by atoms with Crippen LogP contribution in [-0.2, 0) is 22.7 Å². The van der Waals surface area contributed by atoms with Gasteiger partial charge in [-0.2, -0.15) is 9.97 Å². The summed E-state index contributed by atoms with van der Waals surface area (Å²) in [5.41, 5.74) is 8.75. The number of rotatable bonds is 10. The summed E-state index contributed by atoms with van der Waals surface area (Å²) in [5, 5.41) is 2.84. The zero-order valence-corrected chi connectivity index (χ0v) is 20.0. The number of hydrogen-bond acceptors (Lipinski definition) is 7. The van der Waals surface area contributed by atoms with Gasteiger partial charge in [0.1, 0.15) is 5.69 Å². The van der Waals surface area contributed by atoms with Crippen molar-refractivity contribution < 1.29 is 14.3 Å². The minimum atomic E-state index is -0.121. The van der Waals surface area contributed by atoms with Crippen LogP contribution < -0.4 is 20.7 Å². The van der Waals surface area contributed by atoms with E-state index in [0.29, 0.717) is 50.1 Å². The average Bonchev–Trinajstić information content (AvgIpc) is 3.63. The molecule has 0 atom stereocenters. The molecule has 1 aromatic heterocycles. The number of carbonyl (C=O) groups is 2. The summed E-state index contributed by atoms with van der Waals surface area (Å²) in [4.78, 5) is 37.2. The first-order valence-electron chi connectivity index (χ1n) is 12.1. The molecule has 34 heavy (non-hydrogen) atoms. The number of unbranched alkanes of at least 4 members (excludes halogenated alkanes) is 1. The molecule has 1 aliphatic carbocycles. The SMILES string of the molecule is CCCCOc1nc(N)c2c(n1)N(Cc1cccc(CN(CC3CC3)C(C)=O)c1)CCC(=O)N2. The van der Waals surface area contributed by atoms with E-state index >= 15 is 0 Å². The minimum Gasteiger partial charge on any atom is -0.463 e. The van der Waals surface area contributed by atoms with Crippen LogP contribution in [0.2, 0.25) is 0 Å². The fourth-order valence-corrected chi connectivity index (χ4v) is 4.05. The van der Waals surface area contributed by atoms with E-state index in [9.17, 15) is 9.59 Å². The molecule has 1 saturated carbocycles. The fraction of sp³-hybridized carbons (Fsp3) is 0.520. The van der Waals surface area contributed by atoms with E-state index in [0.717, 1.165) is 30.5 Å². The predicted octanol–water partition coefficient (Wildman–Crippen LogP) is 3.35. The smallest absolute Gasteiger partial charge is 0.320 e. The minimum absolute atomic E-state index is 0.103. The van der Waals surface area contributed by atoms with E-state index in [4.69, 9.17) is 10.5 Å². The molecule has 0 unspecified atom stereocenters. The summed E-state index contributed by atoms with van der Waals surface area (Å²) in [5.74, 6) is 1.39. The second kappa shape index (κ2) is 10.7. The van der Waals surface area contributed by atoms with Gasteiger partial charge in [0.2, 0.25) is 11.8 Å². The van der Waals surface area contributed by atoms with Crippen molar-refractivity contribution in [3.63, 3.8) is 0 Å². The Hall–Kier alpha value is -3.36. The highest BCUT2D eigenvalue weighted by atomic mass is 16.5. The molecule has 0 spiro atoms. The second-order valence-electron chi connectivity index (χ2n) is 9.17. The van der Waals surface area contributed by atoms with Crippen LogP contribution in [0.4, 0.5) is 17.3 Å². The van der Waals surface area contributed by atoms with Crippen LogP contribution in [0.3, 0.4) is 0 Å². The number of ether oxygens (including phenoxy) is 1. The molecular formula is C25H34N6O3. The first-order chi connectivity index (χ1) is 16.4. The predicted molar refractivity (Wildman–Crippen MR) is 131 cm³/mol. The van der Waals surface area contributed by atoms with E-state index < -0.39 is 0 Å². The lowest BCUT2D eigenvalue weighted by molar-refractivity contribution is -0.129. The van der Waals surface area contributed by atoms with E-state index in [1.165, 1.54) is 12.8 Å². The summed E-state index contributed by atoms with van der Waals surface area (Å²) in [6.07, 6.45) is 4.63. The molecule has 2 heterocycles. The van der Waals surface area contributed by atoms with Gasteiger partial charge in [-0.05, 0) is 36.3 Å². The molecule has 3 N–H and O–H groups in total. The van der Waals surface area contributed by atoms with Gasteiger partial charge in [0, 0.05) is 39.5 Å². The molecule has 9 heteroatoms. The lowest BCUT2D eigenvalue weighted by Crippen LogP contribution is -2.30. The molecule has 0 bridgehead atoms. The van der Waals surface area contributed by atoms with Crippen molar-refractivity contribution in [1.29, 1.82) is 0 Å². The van der Waals surface area contributed by atoms with Crippen molar-refractivity contribution in [1.82, 2.24) is 14.9 Å². The van der Waals surface area contributed by atoms with Crippen LogP contribution in [0.15, 0.2) is 24.3 Å². The van der Waals surface area contributed by atoms with Crippen molar-refractivity contribution in [2.45, 2.75) is 59.0 Å². The quantitative estimate of drug-likeness (QED) is 0.516. The van der Waals surface area contributed by atoms with Crippen LogP contribution >= 0.6 is 0 Å². The topological polar surface area (TPSA) is 114 Å². The molecular weight excluding hydrogens is 432 g/mol. The third-order valence-corrected chi connectivity index (χ3v) is 6.16. The zero-order chi connectivity index (χ0) is 24.1. The van der Waals surface area contributed by atoms with Gasteiger partial charge in [-0.3, -0.25) is 9.59 Å². The molecule has 1 aliphatic heterocycles. The van der Waals surface area contributed by atoms with Crippen molar-refractivity contribution in [2.75, 3.05) is 35.6 Å². The van der Waals surface area contributed by atoms with Gasteiger partial charge in [-0.25, -0.2) is 0 Å². The molecule has 4 rings (SSSR count). The van der Waals surface area contributed by atoms with Gasteiger partial charge >= 0.3 is 6.01 Å². The number of nitrogen functional groups attached to an aromatic ring is 1. The number of aromatic nitrogens is 2. The Labute approximate surface area is 200 Å². The van der Waals surface area contributed by atoms with Crippen molar-refractivity contribution in [3.05, 3.63) is 35.4 Å². The Morgan fingerprint density at radius 1 is 1.29 bits per heavy atom. The van der Waals surface area contributed by atoms with Gasteiger partial charge in [0.05, 0.1) is 6.61 Å². The lowest BCUT2D eigenvalue weighted by atomic mass is 10.1. The molecule has 2 amide bonds. The van der Waals surface area contributed by atoms with Gasteiger partial charge < -0.3 is 25.6 Å². The highest BCUT2D eigenvalue weighted by Gasteiger charge is 2.27. The zero-order valence-electron chi connectivity index (χ0n) is 20.0.